The summed E-state index contributed by atoms with van der Waals surface area (Å²) in [5.74, 6) is -0.752. The van der Waals surface area contributed by atoms with E-state index in [2.05, 4.69) is 5.32 Å². The van der Waals surface area contributed by atoms with Crippen molar-refractivity contribution in [1.29, 1.82) is 0 Å². The number of amides is 2. The molecule has 0 unspecified atom stereocenters. The molecule has 0 aromatic heterocycles. The topological polar surface area (TPSA) is 49.4 Å². The van der Waals surface area contributed by atoms with E-state index in [9.17, 15) is 9.59 Å². The maximum atomic E-state index is 13.7. The summed E-state index contributed by atoms with van der Waals surface area (Å²) in [5, 5.41) is 5.86. The van der Waals surface area contributed by atoms with E-state index in [-0.39, 0.29) is 17.5 Å². The highest BCUT2D eigenvalue weighted by atomic mass is 35.5. The summed E-state index contributed by atoms with van der Waals surface area (Å²) in [6.07, 6.45) is 0. The first kappa shape index (κ1) is 21.0. The SMILES string of the molecule is Cc1cc(C)cc(N2C(=O)C(Nc3cccc4ccccc34)=C(c3ccc(Cl)cc3)C2=O)c1. The molecule has 0 radical (unpaired) electrons. The van der Waals surface area contributed by atoms with Gasteiger partial charge in [0, 0.05) is 16.1 Å². The Hall–Kier alpha value is -3.89. The van der Waals surface area contributed by atoms with Crippen LogP contribution in [0.1, 0.15) is 16.7 Å². The van der Waals surface area contributed by atoms with Gasteiger partial charge in [-0.3, -0.25) is 9.59 Å². The quantitative estimate of drug-likeness (QED) is 0.359. The van der Waals surface area contributed by atoms with E-state index in [4.69, 9.17) is 11.6 Å². The minimum Gasteiger partial charge on any atom is -0.350 e. The van der Waals surface area contributed by atoms with Crippen LogP contribution in [0.25, 0.3) is 16.3 Å². The van der Waals surface area contributed by atoms with E-state index in [1.165, 1.54) is 4.90 Å². The second-order valence-electron chi connectivity index (χ2n) is 8.20. The zero-order valence-electron chi connectivity index (χ0n) is 18.2. The molecule has 1 aliphatic rings. The molecule has 0 bridgehead atoms. The summed E-state index contributed by atoms with van der Waals surface area (Å²) in [5.41, 5.74) is 4.49. The second kappa shape index (κ2) is 8.23. The summed E-state index contributed by atoms with van der Waals surface area (Å²) >= 11 is 6.08. The smallest absolute Gasteiger partial charge is 0.282 e. The van der Waals surface area contributed by atoms with Gasteiger partial charge in [-0.2, -0.15) is 0 Å². The number of nitrogens with one attached hydrogen (secondary N) is 1. The number of benzene rings is 4. The zero-order chi connectivity index (χ0) is 23.1. The van der Waals surface area contributed by atoms with Crippen LogP contribution in [-0.2, 0) is 9.59 Å². The Bertz CT molecular complexity index is 1430. The molecule has 4 aromatic rings. The van der Waals surface area contributed by atoms with Gasteiger partial charge in [0.05, 0.1) is 11.3 Å². The van der Waals surface area contributed by atoms with Gasteiger partial charge in [0.15, 0.2) is 0 Å². The molecule has 0 saturated carbocycles. The standard InChI is InChI=1S/C28H21ClN2O2/c1-17-14-18(2)16-22(15-17)31-27(32)25(20-10-12-21(29)13-11-20)26(28(31)33)30-24-9-5-7-19-6-3-4-8-23(19)24/h3-16,30H,1-2H3. The molecule has 1 N–H and O–H groups in total. The number of hydrogen-bond acceptors (Lipinski definition) is 3. The Morgan fingerprint density at radius 1 is 0.758 bits per heavy atom. The van der Waals surface area contributed by atoms with Crippen LogP contribution in [-0.4, -0.2) is 11.8 Å². The predicted octanol–water partition coefficient (Wildman–Crippen LogP) is 6.51. The van der Waals surface area contributed by atoms with Crippen LogP contribution in [0.2, 0.25) is 5.02 Å². The third-order valence-corrected chi connectivity index (χ3v) is 5.98. The Kier molecular flexibility index (Phi) is 5.23. The molecular formula is C28H21ClN2O2. The van der Waals surface area contributed by atoms with Crippen molar-refractivity contribution in [3.63, 3.8) is 0 Å². The highest BCUT2D eigenvalue weighted by Gasteiger charge is 2.40. The van der Waals surface area contributed by atoms with Crippen molar-refractivity contribution in [3.05, 3.63) is 112 Å². The third-order valence-electron chi connectivity index (χ3n) is 5.73. The van der Waals surface area contributed by atoms with Crippen LogP contribution >= 0.6 is 11.6 Å². The molecule has 1 heterocycles. The van der Waals surface area contributed by atoms with Crippen molar-refractivity contribution >= 4 is 51.1 Å². The van der Waals surface area contributed by atoms with Crippen molar-refractivity contribution in [2.45, 2.75) is 13.8 Å². The molecular weight excluding hydrogens is 432 g/mol. The van der Waals surface area contributed by atoms with Crippen molar-refractivity contribution in [2.24, 2.45) is 0 Å². The molecule has 4 nitrogen and oxygen atoms in total. The lowest BCUT2D eigenvalue weighted by molar-refractivity contribution is -0.120. The van der Waals surface area contributed by atoms with E-state index in [0.717, 1.165) is 27.6 Å². The fourth-order valence-electron chi connectivity index (χ4n) is 4.31. The van der Waals surface area contributed by atoms with Gasteiger partial charge in [0.1, 0.15) is 5.70 Å². The molecule has 0 aliphatic carbocycles. The summed E-state index contributed by atoms with van der Waals surface area (Å²) < 4.78 is 0. The average Bonchev–Trinajstić information content (AvgIpc) is 3.03. The highest BCUT2D eigenvalue weighted by molar-refractivity contribution is 6.46. The number of hydrogen-bond donors (Lipinski definition) is 1. The fraction of sp³-hybridized carbons (Fsp3) is 0.0714. The molecule has 1 aliphatic heterocycles. The number of carbonyl (C=O) groups is 2. The Morgan fingerprint density at radius 3 is 2.15 bits per heavy atom. The largest absolute Gasteiger partial charge is 0.350 e. The van der Waals surface area contributed by atoms with Crippen LogP contribution in [0.5, 0.6) is 0 Å². The lowest BCUT2D eigenvalue weighted by atomic mass is 10.0. The summed E-state index contributed by atoms with van der Waals surface area (Å²) in [7, 11) is 0. The summed E-state index contributed by atoms with van der Waals surface area (Å²) in [6, 6.07) is 26.4. The van der Waals surface area contributed by atoms with Gasteiger partial charge in [-0.15, -0.1) is 0 Å². The average molecular weight is 453 g/mol. The molecule has 5 heteroatoms. The van der Waals surface area contributed by atoms with E-state index in [1.54, 1.807) is 24.3 Å². The number of imide groups is 1. The maximum Gasteiger partial charge on any atom is 0.282 e. The first-order valence-electron chi connectivity index (χ1n) is 10.6. The minimum atomic E-state index is -0.386. The lowest BCUT2D eigenvalue weighted by Gasteiger charge is -2.17. The van der Waals surface area contributed by atoms with Gasteiger partial charge in [0.25, 0.3) is 11.8 Å². The van der Waals surface area contributed by atoms with E-state index in [0.29, 0.717) is 21.8 Å². The number of carbonyl (C=O) groups excluding carboxylic acids is 2. The van der Waals surface area contributed by atoms with Crippen LogP contribution in [0.15, 0.2) is 90.6 Å². The zero-order valence-corrected chi connectivity index (χ0v) is 19.0. The Balaban J connectivity index is 1.67. The number of fused-ring (bicyclic) bond motifs is 1. The van der Waals surface area contributed by atoms with Gasteiger partial charge in [0.2, 0.25) is 0 Å². The van der Waals surface area contributed by atoms with Crippen molar-refractivity contribution in [3.8, 4) is 0 Å². The van der Waals surface area contributed by atoms with E-state index in [1.807, 2.05) is 74.5 Å². The molecule has 5 rings (SSSR count). The summed E-state index contributed by atoms with van der Waals surface area (Å²) in [4.78, 5) is 28.6. The van der Waals surface area contributed by atoms with Crippen molar-refractivity contribution in [2.75, 3.05) is 10.2 Å². The van der Waals surface area contributed by atoms with Crippen molar-refractivity contribution in [1.82, 2.24) is 0 Å². The molecule has 0 spiro atoms. The summed E-state index contributed by atoms with van der Waals surface area (Å²) in [6.45, 7) is 3.90. The molecule has 0 saturated heterocycles. The van der Waals surface area contributed by atoms with E-state index >= 15 is 0 Å². The van der Waals surface area contributed by atoms with Crippen LogP contribution in [0.3, 0.4) is 0 Å². The second-order valence-corrected chi connectivity index (χ2v) is 8.64. The number of rotatable bonds is 4. The lowest BCUT2D eigenvalue weighted by Crippen LogP contribution is -2.32. The van der Waals surface area contributed by atoms with Crippen LogP contribution in [0, 0.1) is 13.8 Å². The predicted molar refractivity (Wildman–Crippen MR) is 134 cm³/mol. The maximum absolute atomic E-state index is 13.7. The van der Waals surface area contributed by atoms with Crippen LogP contribution in [0.4, 0.5) is 11.4 Å². The van der Waals surface area contributed by atoms with Gasteiger partial charge < -0.3 is 5.32 Å². The molecule has 0 atom stereocenters. The normalized spacial score (nSPS) is 13.8. The number of halogens is 1. The Labute approximate surface area is 197 Å². The first-order chi connectivity index (χ1) is 15.9. The monoisotopic (exact) mass is 452 g/mol. The molecule has 33 heavy (non-hydrogen) atoms. The van der Waals surface area contributed by atoms with Crippen LogP contribution < -0.4 is 10.2 Å². The Morgan fingerprint density at radius 2 is 1.42 bits per heavy atom. The number of nitrogens with zero attached hydrogens (tertiary/aromatic N) is 1. The minimum absolute atomic E-state index is 0.248. The number of anilines is 2. The van der Waals surface area contributed by atoms with E-state index < -0.39 is 0 Å². The van der Waals surface area contributed by atoms with Gasteiger partial charge in [-0.05, 0) is 66.3 Å². The highest BCUT2D eigenvalue weighted by Crippen LogP contribution is 2.36. The fourth-order valence-corrected chi connectivity index (χ4v) is 4.44. The number of aryl methyl sites for hydroxylation is 2. The molecule has 4 aromatic carbocycles. The van der Waals surface area contributed by atoms with Crippen molar-refractivity contribution < 1.29 is 9.59 Å². The molecule has 162 valence electrons. The third kappa shape index (κ3) is 3.79. The molecule has 0 fully saturated rings. The first-order valence-corrected chi connectivity index (χ1v) is 11.0. The van der Waals surface area contributed by atoms with Gasteiger partial charge >= 0.3 is 0 Å². The molecule has 2 amide bonds. The van der Waals surface area contributed by atoms with Gasteiger partial charge in [-0.1, -0.05) is 66.2 Å². The van der Waals surface area contributed by atoms with Gasteiger partial charge in [-0.25, -0.2) is 4.90 Å².